The second kappa shape index (κ2) is 9.84. The van der Waals surface area contributed by atoms with Crippen LogP contribution in [0, 0.1) is 29.1 Å². The molecule has 0 radical (unpaired) electrons. The molecule has 0 aromatic rings. The molecular formula is C29H50. The van der Waals surface area contributed by atoms with Crippen molar-refractivity contribution in [2.75, 3.05) is 0 Å². The maximum atomic E-state index is 2.51. The lowest BCUT2D eigenvalue weighted by molar-refractivity contribution is 0.302. The van der Waals surface area contributed by atoms with Gasteiger partial charge in [0.25, 0.3) is 0 Å². The Morgan fingerprint density at radius 2 is 1.45 bits per heavy atom. The van der Waals surface area contributed by atoms with Crippen LogP contribution in [0.1, 0.15) is 110 Å². The van der Waals surface area contributed by atoms with Crippen molar-refractivity contribution in [2.24, 2.45) is 29.1 Å². The average molecular weight is 399 g/mol. The van der Waals surface area contributed by atoms with Crippen molar-refractivity contribution < 1.29 is 0 Å². The molecule has 1 rings (SSSR count). The zero-order valence-electron chi connectivity index (χ0n) is 22.2. The molecule has 0 fully saturated rings. The van der Waals surface area contributed by atoms with Gasteiger partial charge in [0.2, 0.25) is 0 Å². The molecule has 3 unspecified atom stereocenters. The van der Waals surface area contributed by atoms with Gasteiger partial charge in [-0.15, -0.1) is 0 Å². The second-order valence-electron chi connectivity index (χ2n) is 10.9. The first-order chi connectivity index (χ1) is 13.2. The molecule has 0 aliphatic heterocycles. The highest BCUT2D eigenvalue weighted by Gasteiger charge is 2.40. The predicted molar refractivity (Wildman–Crippen MR) is 133 cm³/mol. The molecule has 0 heteroatoms. The Labute approximate surface area is 183 Å². The number of hydrogen-bond donors (Lipinski definition) is 0. The lowest BCUT2D eigenvalue weighted by atomic mass is 9.64. The first-order valence-electron chi connectivity index (χ1n) is 12.0. The van der Waals surface area contributed by atoms with Gasteiger partial charge in [0, 0.05) is 5.92 Å². The summed E-state index contributed by atoms with van der Waals surface area (Å²) >= 11 is 0. The van der Waals surface area contributed by atoms with Gasteiger partial charge in [-0.3, -0.25) is 0 Å². The summed E-state index contributed by atoms with van der Waals surface area (Å²) in [5, 5.41) is 0. The monoisotopic (exact) mass is 398 g/mol. The smallest absolute Gasteiger partial charge is 0.00577 e. The Bertz CT molecular complexity index is 724. The van der Waals surface area contributed by atoms with Crippen LogP contribution >= 0.6 is 0 Å². The molecule has 166 valence electrons. The lowest BCUT2D eigenvalue weighted by Crippen LogP contribution is -2.31. The topological polar surface area (TPSA) is 0 Å². The van der Waals surface area contributed by atoms with E-state index < -0.39 is 0 Å². The standard InChI is InChI=1S/C29H50/c1-15-18(5)19(6)23(10)28(29(12,13)14)27-22(9)20(7)21(8)25(16-2)24(11)26(27)17(3)4/h17,20,22,27H,15-16H2,1-14H3/b19-18-,28-23+. The number of hydrogen-bond acceptors (Lipinski definition) is 0. The predicted octanol–water partition coefficient (Wildman–Crippen LogP) is 9.70. The van der Waals surface area contributed by atoms with Crippen LogP contribution < -0.4 is 0 Å². The molecule has 0 saturated heterocycles. The summed E-state index contributed by atoms with van der Waals surface area (Å²) in [6.45, 7) is 33.5. The van der Waals surface area contributed by atoms with Crippen LogP contribution in [-0.2, 0) is 0 Å². The molecule has 0 saturated carbocycles. The minimum Gasteiger partial charge on any atom is -0.0704 e. The molecule has 0 nitrogen and oxygen atoms in total. The fraction of sp³-hybridized carbons (Fsp3) is 0.724. The summed E-state index contributed by atoms with van der Waals surface area (Å²) in [7, 11) is 0. The normalized spacial score (nSPS) is 26.0. The summed E-state index contributed by atoms with van der Waals surface area (Å²) in [5.41, 5.74) is 12.8. The van der Waals surface area contributed by atoms with E-state index in [4.69, 9.17) is 0 Å². The Morgan fingerprint density at radius 1 is 0.931 bits per heavy atom. The minimum absolute atomic E-state index is 0.142. The Balaban J connectivity index is 4.05. The van der Waals surface area contributed by atoms with E-state index in [2.05, 4.69) is 96.9 Å². The van der Waals surface area contributed by atoms with Crippen molar-refractivity contribution in [2.45, 2.75) is 110 Å². The van der Waals surface area contributed by atoms with Crippen molar-refractivity contribution >= 4 is 0 Å². The lowest BCUT2D eigenvalue weighted by Gasteiger charge is -2.41. The molecule has 0 amide bonds. The highest BCUT2D eigenvalue weighted by molar-refractivity contribution is 5.48. The van der Waals surface area contributed by atoms with E-state index in [0.29, 0.717) is 23.7 Å². The van der Waals surface area contributed by atoms with Gasteiger partial charge in [0.1, 0.15) is 0 Å². The van der Waals surface area contributed by atoms with E-state index in [1.54, 1.807) is 27.9 Å². The van der Waals surface area contributed by atoms with Gasteiger partial charge < -0.3 is 0 Å². The van der Waals surface area contributed by atoms with Crippen molar-refractivity contribution in [3.8, 4) is 0 Å². The van der Waals surface area contributed by atoms with Crippen LogP contribution in [0.3, 0.4) is 0 Å². The molecule has 0 spiro atoms. The number of rotatable bonds is 5. The first kappa shape index (κ1) is 26.0. The van der Waals surface area contributed by atoms with Crippen molar-refractivity contribution in [1.29, 1.82) is 0 Å². The maximum absolute atomic E-state index is 2.51. The van der Waals surface area contributed by atoms with Gasteiger partial charge in [0.05, 0.1) is 0 Å². The Morgan fingerprint density at radius 3 is 1.83 bits per heavy atom. The van der Waals surface area contributed by atoms with Crippen LogP contribution in [-0.4, -0.2) is 0 Å². The van der Waals surface area contributed by atoms with Crippen LogP contribution in [0.2, 0.25) is 0 Å². The molecule has 3 atom stereocenters. The van der Waals surface area contributed by atoms with Gasteiger partial charge >= 0.3 is 0 Å². The molecule has 0 aromatic heterocycles. The Kier molecular flexibility index (Phi) is 8.82. The third kappa shape index (κ3) is 5.18. The zero-order chi connectivity index (χ0) is 22.8. The number of allylic oxidation sites excluding steroid dienone is 8. The molecular weight excluding hydrogens is 348 g/mol. The maximum Gasteiger partial charge on any atom is 0.00577 e. The summed E-state index contributed by atoms with van der Waals surface area (Å²) < 4.78 is 0. The van der Waals surface area contributed by atoms with E-state index in [9.17, 15) is 0 Å². The van der Waals surface area contributed by atoms with E-state index in [0.717, 1.165) is 12.8 Å². The summed E-state index contributed by atoms with van der Waals surface area (Å²) in [4.78, 5) is 0. The van der Waals surface area contributed by atoms with E-state index in [1.807, 2.05) is 0 Å². The van der Waals surface area contributed by atoms with Crippen LogP contribution in [0.4, 0.5) is 0 Å². The Hall–Kier alpha value is -1.04. The third-order valence-corrected chi connectivity index (χ3v) is 7.93. The van der Waals surface area contributed by atoms with Crippen LogP contribution in [0.15, 0.2) is 44.6 Å². The minimum atomic E-state index is 0.142. The first-order valence-corrected chi connectivity index (χ1v) is 12.0. The fourth-order valence-corrected chi connectivity index (χ4v) is 5.75. The third-order valence-electron chi connectivity index (χ3n) is 7.93. The van der Waals surface area contributed by atoms with Gasteiger partial charge in [0.15, 0.2) is 0 Å². The summed E-state index contributed by atoms with van der Waals surface area (Å²) in [6, 6.07) is 0. The molecule has 1 aliphatic rings. The van der Waals surface area contributed by atoms with Gasteiger partial charge in [-0.25, -0.2) is 0 Å². The summed E-state index contributed by atoms with van der Waals surface area (Å²) in [5.74, 6) is 2.26. The van der Waals surface area contributed by atoms with Crippen molar-refractivity contribution in [3.63, 3.8) is 0 Å². The fourth-order valence-electron chi connectivity index (χ4n) is 5.75. The van der Waals surface area contributed by atoms with E-state index in [-0.39, 0.29) is 5.41 Å². The molecule has 0 aromatic carbocycles. The van der Waals surface area contributed by atoms with Crippen molar-refractivity contribution in [1.82, 2.24) is 0 Å². The van der Waals surface area contributed by atoms with Gasteiger partial charge in [-0.2, -0.15) is 0 Å². The highest BCUT2D eigenvalue weighted by Crippen LogP contribution is 2.51. The second-order valence-corrected chi connectivity index (χ2v) is 10.9. The van der Waals surface area contributed by atoms with Gasteiger partial charge in [-0.05, 0) is 92.9 Å². The van der Waals surface area contributed by atoms with E-state index >= 15 is 0 Å². The van der Waals surface area contributed by atoms with Crippen LogP contribution in [0.5, 0.6) is 0 Å². The average Bonchev–Trinajstić information content (AvgIpc) is 2.69. The van der Waals surface area contributed by atoms with E-state index in [1.165, 1.54) is 16.7 Å². The molecule has 0 heterocycles. The zero-order valence-corrected chi connectivity index (χ0v) is 22.2. The van der Waals surface area contributed by atoms with Crippen LogP contribution in [0.25, 0.3) is 0 Å². The quantitative estimate of drug-likeness (QED) is 0.404. The van der Waals surface area contributed by atoms with Gasteiger partial charge in [-0.1, -0.05) is 84.6 Å². The SMILES string of the molecule is CCC1=C(C)C(C)C(C)C(/C(=C(C)\C(C)=C(\C)CC)C(C)(C)C)C(C(C)C)=C1C. The largest absolute Gasteiger partial charge is 0.0704 e. The molecule has 0 N–H and O–H groups in total. The summed E-state index contributed by atoms with van der Waals surface area (Å²) in [6.07, 6.45) is 2.27. The molecule has 0 bridgehead atoms. The molecule has 29 heavy (non-hydrogen) atoms. The van der Waals surface area contributed by atoms with Crippen molar-refractivity contribution in [3.05, 3.63) is 44.6 Å². The highest BCUT2D eigenvalue weighted by atomic mass is 14.4. The molecule has 1 aliphatic carbocycles.